The molecule has 0 radical (unpaired) electrons. The second kappa shape index (κ2) is 5.87. The van der Waals surface area contributed by atoms with E-state index in [9.17, 15) is 4.79 Å². The van der Waals surface area contributed by atoms with Crippen LogP contribution in [0.4, 0.5) is 0 Å². The lowest BCUT2D eigenvalue weighted by atomic mass is 10.1. The molecule has 1 aliphatic heterocycles. The van der Waals surface area contributed by atoms with Gasteiger partial charge in [-0.1, -0.05) is 18.2 Å². The Bertz CT molecular complexity index is 418. The Hall–Kier alpha value is -1.55. The van der Waals surface area contributed by atoms with Gasteiger partial charge in [0.15, 0.2) is 0 Å². The lowest BCUT2D eigenvalue weighted by Crippen LogP contribution is -2.26. The number of hydrogen-bond donors (Lipinski definition) is 1. The maximum absolute atomic E-state index is 11.4. The molecule has 1 aromatic carbocycles. The molecule has 0 spiro atoms. The van der Waals surface area contributed by atoms with Crippen molar-refractivity contribution in [3.05, 3.63) is 29.8 Å². The van der Waals surface area contributed by atoms with Gasteiger partial charge in [0.25, 0.3) is 0 Å². The van der Waals surface area contributed by atoms with Crippen LogP contribution in [0.5, 0.6) is 5.75 Å². The predicted molar refractivity (Wildman–Crippen MR) is 70.6 cm³/mol. The molecule has 1 heterocycles. The molecule has 0 bridgehead atoms. The Kier molecular flexibility index (Phi) is 4.20. The highest BCUT2D eigenvalue weighted by atomic mass is 16.5. The normalized spacial score (nSPS) is 17.1. The van der Waals surface area contributed by atoms with Crippen molar-refractivity contribution in [1.29, 1.82) is 0 Å². The van der Waals surface area contributed by atoms with E-state index in [0.29, 0.717) is 13.0 Å². The first-order chi connectivity index (χ1) is 8.68. The van der Waals surface area contributed by atoms with Gasteiger partial charge in [-0.2, -0.15) is 0 Å². The van der Waals surface area contributed by atoms with Gasteiger partial charge < -0.3 is 15.0 Å². The molecule has 1 unspecified atom stereocenters. The Labute approximate surface area is 108 Å². The zero-order valence-electron chi connectivity index (χ0n) is 11.0. The van der Waals surface area contributed by atoms with Gasteiger partial charge in [0.2, 0.25) is 5.91 Å². The first-order valence-corrected chi connectivity index (χ1v) is 6.34. The van der Waals surface area contributed by atoms with E-state index in [1.807, 2.05) is 18.2 Å². The number of nitrogens with zero attached hydrogens (tertiary/aromatic N) is 1. The first kappa shape index (κ1) is 12.9. The van der Waals surface area contributed by atoms with E-state index in [0.717, 1.165) is 18.7 Å². The second-order valence-corrected chi connectivity index (χ2v) is 4.75. The molecular formula is C14H20N2O2. The van der Waals surface area contributed by atoms with Crippen LogP contribution >= 0.6 is 0 Å². The lowest BCUT2D eigenvalue weighted by molar-refractivity contribution is -0.128. The third kappa shape index (κ3) is 3.01. The van der Waals surface area contributed by atoms with Crippen LogP contribution in [-0.2, 0) is 4.79 Å². The maximum Gasteiger partial charge on any atom is 0.222 e. The van der Waals surface area contributed by atoms with Crippen LogP contribution in [0.2, 0.25) is 0 Å². The summed E-state index contributed by atoms with van der Waals surface area (Å²) in [5.41, 5.74) is 1.22. The number of fused-ring (bicyclic) bond motifs is 1. The number of rotatable bonds is 5. The first-order valence-electron chi connectivity index (χ1n) is 6.34. The van der Waals surface area contributed by atoms with E-state index >= 15 is 0 Å². The van der Waals surface area contributed by atoms with Gasteiger partial charge in [0.05, 0.1) is 6.04 Å². The minimum Gasteiger partial charge on any atom is -0.491 e. The van der Waals surface area contributed by atoms with Crippen molar-refractivity contribution in [2.45, 2.75) is 18.9 Å². The number of amides is 1. The molecule has 1 aromatic rings. The zero-order chi connectivity index (χ0) is 13.0. The number of carbonyl (C=O) groups is 1. The molecule has 1 aliphatic rings. The summed E-state index contributed by atoms with van der Waals surface area (Å²) < 4.78 is 5.59. The van der Waals surface area contributed by atoms with E-state index in [-0.39, 0.29) is 11.9 Å². The summed E-state index contributed by atoms with van der Waals surface area (Å²) >= 11 is 0. The zero-order valence-corrected chi connectivity index (χ0v) is 11.0. The molecule has 0 aliphatic carbocycles. The van der Waals surface area contributed by atoms with Crippen LogP contribution < -0.4 is 10.1 Å². The van der Waals surface area contributed by atoms with Crippen molar-refractivity contribution in [3.8, 4) is 5.75 Å². The fraction of sp³-hybridized carbons (Fsp3) is 0.500. The number of benzene rings is 1. The molecule has 4 nitrogen and oxygen atoms in total. The third-order valence-electron chi connectivity index (χ3n) is 3.16. The molecule has 98 valence electrons. The standard InChI is InChI=1S/C14H20N2O2/c1-16(2)14(17)8-5-9-15-12-10-18-13-7-4-3-6-11(12)13/h3-4,6-7,12,15H,5,8-10H2,1-2H3. The van der Waals surface area contributed by atoms with Gasteiger partial charge in [-0.3, -0.25) is 4.79 Å². The molecule has 1 amide bonds. The molecule has 1 N–H and O–H groups in total. The number of ether oxygens (including phenoxy) is 1. The van der Waals surface area contributed by atoms with Crippen molar-refractivity contribution in [1.82, 2.24) is 10.2 Å². The van der Waals surface area contributed by atoms with Crippen molar-refractivity contribution < 1.29 is 9.53 Å². The van der Waals surface area contributed by atoms with Crippen LogP contribution in [-0.4, -0.2) is 38.1 Å². The Morgan fingerprint density at radius 3 is 3.00 bits per heavy atom. The van der Waals surface area contributed by atoms with Crippen molar-refractivity contribution in [2.75, 3.05) is 27.2 Å². The van der Waals surface area contributed by atoms with Gasteiger partial charge in [-0.05, 0) is 19.0 Å². The molecule has 0 aromatic heterocycles. The molecule has 0 fully saturated rings. The van der Waals surface area contributed by atoms with E-state index in [4.69, 9.17) is 4.74 Å². The highest BCUT2D eigenvalue weighted by molar-refractivity contribution is 5.75. The van der Waals surface area contributed by atoms with E-state index in [2.05, 4.69) is 11.4 Å². The Morgan fingerprint density at radius 2 is 2.22 bits per heavy atom. The summed E-state index contributed by atoms with van der Waals surface area (Å²) in [6, 6.07) is 8.35. The average Bonchev–Trinajstić information content (AvgIpc) is 2.77. The van der Waals surface area contributed by atoms with E-state index in [1.165, 1.54) is 5.56 Å². The van der Waals surface area contributed by atoms with Crippen LogP contribution in [0.1, 0.15) is 24.4 Å². The summed E-state index contributed by atoms with van der Waals surface area (Å²) in [4.78, 5) is 13.0. The molecule has 1 atom stereocenters. The van der Waals surface area contributed by atoms with E-state index in [1.54, 1.807) is 19.0 Å². The van der Waals surface area contributed by atoms with Crippen molar-refractivity contribution >= 4 is 5.91 Å². The fourth-order valence-electron chi connectivity index (χ4n) is 2.07. The van der Waals surface area contributed by atoms with Crippen molar-refractivity contribution in [3.63, 3.8) is 0 Å². The summed E-state index contributed by atoms with van der Waals surface area (Å²) in [6.07, 6.45) is 1.45. The van der Waals surface area contributed by atoms with Crippen LogP contribution in [0.15, 0.2) is 24.3 Å². The average molecular weight is 248 g/mol. The molecule has 0 saturated heterocycles. The summed E-state index contributed by atoms with van der Waals surface area (Å²) in [6.45, 7) is 1.52. The summed E-state index contributed by atoms with van der Waals surface area (Å²) in [5, 5.41) is 3.44. The van der Waals surface area contributed by atoms with Gasteiger partial charge in [-0.15, -0.1) is 0 Å². The SMILES string of the molecule is CN(C)C(=O)CCCNC1COc2ccccc21. The monoisotopic (exact) mass is 248 g/mol. The second-order valence-electron chi connectivity index (χ2n) is 4.75. The molecule has 18 heavy (non-hydrogen) atoms. The van der Waals surface area contributed by atoms with E-state index < -0.39 is 0 Å². The third-order valence-corrected chi connectivity index (χ3v) is 3.16. The predicted octanol–water partition coefficient (Wildman–Crippen LogP) is 1.58. The Balaban J connectivity index is 1.74. The van der Waals surface area contributed by atoms with Crippen LogP contribution in [0.25, 0.3) is 0 Å². The smallest absolute Gasteiger partial charge is 0.222 e. The summed E-state index contributed by atoms with van der Waals surface area (Å²) in [7, 11) is 3.58. The highest BCUT2D eigenvalue weighted by Gasteiger charge is 2.22. The van der Waals surface area contributed by atoms with Gasteiger partial charge in [-0.25, -0.2) is 0 Å². The number of nitrogens with one attached hydrogen (secondary N) is 1. The molecule has 4 heteroatoms. The topological polar surface area (TPSA) is 41.6 Å². The lowest BCUT2D eigenvalue weighted by Gasteiger charge is -2.13. The molecule has 2 rings (SSSR count). The van der Waals surface area contributed by atoms with Gasteiger partial charge in [0.1, 0.15) is 12.4 Å². The van der Waals surface area contributed by atoms with Gasteiger partial charge >= 0.3 is 0 Å². The minimum atomic E-state index is 0.180. The van der Waals surface area contributed by atoms with Crippen LogP contribution in [0, 0.1) is 0 Å². The maximum atomic E-state index is 11.4. The summed E-state index contributed by atoms with van der Waals surface area (Å²) in [5.74, 6) is 1.15. The molecule has 0 saturated carbocycles. The Morgan fingerprint density at radius 1 is 1.44 bits per heavy atom. The molecular weight excluding hydrogens is 228 g/mol. The number of para-hydroxylation sites is 1. The minimum absolute atomic E-state index is 0.180. The fourth-order valence-corrected chi connectivity index (χ4v) is 2.07. The number of carbonyl (C=O) groups excluding carboxylic acids is 1. The van der Waals surface area contributed by atoms with Crippen LogP contribution in [0.3, 0.4) is 0 Å². The number of hydrogen-bond acceptors (Lipinski definition) is 3. The highest BCUT2D eigenvalue weighted by Crippen LogP contribution is 2.31. The quantitative estimate of drug-likeness (QED) is 0.804. The van der Waals surface area contributed by atoms with Crippen molar-refractivity contribution in [2.24, 2.45) is 0 Å². The largest absolute Gasteiger partial charge is 0.491 e. The van der Waals surface area contributed by atoms with Gasteiger partial charge in [0, 0.05) is 26.1 Å².